The Morgan fingerprint density at radius 2 is 2.00 bits per heavy atom. The highest BCUT2D eigenvalue weighted by molar-refractivity contribution is 5.77. The first kappa shape index (κ1) is 18.7. The molecule has 0 saturated carbocycles. The second-order valence-corrected chi connectivity index (χ2v) is 6.84. The van der Waals surface area contributed by atoms with Crippen molar-refractivity contribution in [3.63, 3.8) is 0 Å². The topological polar surface area (TPSA) is 71.1 Å². The number of nitrogens with one attached hydrogen (secondary N) is 1. The Hall–Kier alpha value is -1.34. The van der Waals surface area contributed by atoms with Crippen LogP contribution in [0.3, 0.4) is 0 Å². The number of likely N-dealkylation sites (N-methyl/N-ethyl adjacent to an activating group) is 1. The van der Waals surface area contributed by atoms with Gasteiger partial charge < -0.3 is 24.6 Å². The molecule has 0 radical (unpaired) electrons. The zero-order valence-electron chi connectivity index (χ0n) is 14.3. The van der Waals surface area contributed by atoms with Crippen LogP contribution in [0.25, 0.3) is 0 Å². The number of rotatable bonds is 6. The number of likely N-dealkylation sites (tertiary alicyclic amines) is 1. The van der Waals surface area contributed by atoms with Crippen LogP contribution in [0.4, 0.5) is 4.79 Å². The summed E-state index contributed by atoms with van der Waals surface area (Å²) in [6.07, 6.45) is 0.411. The predicted molar refractivity (Wildman–Crippen MR) is 83.7 cm³/mol. The highest BCUT2D eigenvalue weighted by atomic mass is 16.6. The van der Waals surface area contributed by atoms with Crippen LogP contribution in [0.2, 0.25) is 0 Å². The first-order valence-electron chi connectivity index (χ1n) is 7.67. The van der Waals surface area contributed by atoms with Crippen molar-refractivity contribution in [1.82, 2.24) is 15.1 Å². The van der Waals surface area contributed by atoms with Crippen molar-refractivity contribution in [3.05, 3.63) is 0 Å². The molecule has 0 aromatic rings. The summed E-state index contributed by atoms with van der Waals surface area (Å²) in [4.78, 5) is 27.3. The smallest absolute Gasteiger partial charge is 0.410 e. The van der Waals surface area contributed by atoms with E-state index in [1.807, 2.05) is 39.8 Å². The molecule has 1 unspecified atom stereocenters. The van der Waals surface area contributed by atoms with Crippen LogP contribution >= 0.6 is 0 Å². The van der Waals surface area contributed by atoms with E-state index in [1.54, 1.807) is 4.90 Å². The van der Waals surface area contributed by atoms with Crippen LogP contribution in [-0.2, 0) is 14.3 Å². The standard InChI is InChI=1S/C15H29N3O4/c1-15(2,3)22-14(20)18-7-6-12(10-18)16-13(19)11-21-9-8-17(4)5/h12H,6-11H2,1-5H3,(H,16,19). The second-order valence-electron chi connectivity index (χ2n) is 6.84. The van der Waals surface area contributed by atoms with Crippen molar-refractivity contribution < 1.29 is 19.1 Å². The zero-order valence-corrected chi connectivity index (χ0v) is 14.3. The van der Waals surface area contributed by atoms with Gasteiger partial charge in [-0.1, -0.05) is 0 Å². The average Bonchev–Trinajstić information content (AvgIpc) is 2.81. The summed E-state index contributed by atoms with van der Waals surface area (Å²) in [5, 5.41) is 2.89. The van der Waals surface area contributed by atoms with Gasteiger partial charge in [-0.15, -0.1) is 0 Å². The van der Waals surface area contributed by atoms with Gasteiger partial charge >= 0.3 is 6.09 Å². The molecular weight excluding hydrogens is 286 g/mol. The quantitative estimate of drug-likeness (QED) is 0.730. The van der Waals surface area contributed by atoms with E-state index in [2.05, 4.69) is 5.32 Å². The van der Waals surface area contributed by atoms with Crippen molar-refractivity contribution in [2.24, 2.45) is 0 Å². The van der Waals surface area contributed by atoms with Crippen LogP contribution < -0.4 is 5.32 Å². The number of hydrogen-bond donors (Lipinski definition) is 1. The molecule has 7 nitrogen and oxygen atoms in total. The van der Waals surface area contributed by atoms with E-state index in [-0.39, 0.29) is 24.6 Å². The van der Waals surface area contributed by atoms with Gasteiger partial charge in [-0.2, -0.15) is 0 Å². The summed E-state index contributed by atoms with van der Waals surface area (Å²) in [6, 6.07) is -0.0301. The van der Waals surface area contributed by atoms with Crippen LogP contribution in [0.5, 0.6) is 0 Å². The highest BCUT2D eigenvalue weighted by Gasteiger charge is 2.30. The number of nitrogens with zero attached hydrogens (tertiary/aromatic N) is 2. The molecule has 1 heterocycles. The largest absolute Gasteiger partial charge is 0.444 e. The minimum absolute atomic E-state index is 0.0301. The first-order valence-corrected chi connectivity index (χ1v) is 7.67. The molecule has 22 heavy (non-hydrogen) atoms. The molecule has 0 bridgehead atoms. The van der Waals surface area contributed by atoms with Gasteiger partial charge in [-0.3, -0.25) is 4.79 Å². The first-order chi connectivity index (χ1) is 10.2. The fourth-order valence-corrected chi connectivity index (χ4v) is 2.05. The summed E-state index contributed by atoms with van der Waals surface area (Å²) < 4.78 is 10.6. The Labute approximate surface area is 132 Å². The van der Waals surface area contributed by atoms with E-state index in [0.29, 0.717) is 19.7 Å². The van der Waals surface area contributed by atoms with Crippen molar-refractivity contribution in [1.29, 1.82) is 0 Å². The Morgan fingerprint density at radius 3 is 2.59 bits per heavy atom. The molecule has 128 valence electrons. The molecule has 1 aliphatic heterocycles. The third kappa shape index (κ3) is 7.61. The number of carbonyl (C=O) groups is 2. The third-order valence-corrected chi connectivity index (χ3v) is 3.12. The molecule has 1 fully saturated rings. The van der Waals surface area contributed by atoms with Crippen molar-refractivity contribution in [3.8, 4) is 0 Å². The maximum absolute atomic E-state index is 11.9. The monoisotopic (exact) mass is 315 g/mol. The number of carbonyl (C=O) groups excluding carboxylic acids is 2. The molecule has 0 aromatic heterocycles. The molecule has 7 heteroatoms. The lowest BCUT2D eigenvalue weighted by Gasteiger charge is -2.24. The molecule has 0 aromatic carbocycles. The SMILES string of the molecule is CN(C)CCOCC(=O)NC1CCN(C(=O)OC(C)(C)C)C1. The van der Waals surface area contributed by atoms with E-state index in [4.69, 9.17) is 9.47 Å². The Morgan fingerprint density at radius 1 is 1.32 bits per heavy atom. The van der Waals surface area contributed by atoms with Gasteiger partial charge in [0, 0.05) is 25.7 Å². The van der Waals surface area contributed by atoms with Gasteiger partial charge in [0.05, 0.1) is 6.61 Å². The molecular formula is C15H29N3O4. The molecule has 0 aliphatic carbocycles. The summed E-state index contributed by atoms with van der Waals surface area (Å²) in [6.45, 7) is 7.95. The van der Waals surface area contributed by atoms with Crippen molar-refractivity contribution in [2.45, 2.75) is 38.8 Å². The van der Waals surface area contributed by atoms with Gasteiger partial charge in [-0.25, -0.2) is 4.79 Å². The minimum Gasteiger partial charge on any atom is -0.444 e. The molecule has 1 aliphatic rings. The second kappa shape index (κ2) is 8.33. The highest BCUT2D eigenvalue weighted by Crippen LogP contribution is 2.15. The predicted octanol–water partition coefficient (Wildman–Crippen LogP) is 0.690. The molecule has 1 N–H and O–H groups in total. The Kier molecular flexibility index (Phi) is 7.09. The van der Waals surface area contributed by atoms with Crippen LogP contribution in [-0.4, -0.2) is 80.4 Å². The van der Waals surface area contributed by atoms with Gasteiger partial charge in [0.25, 0.3) is 0 Å². The fourth-order valence-electron chi connectivity index (χ4n) is 2.05. The van der Waals surface area contributed by atoms with Gasteiger partial charge in [0.2, 0.25) is 5.91 Å². The van der Waals surface area contributed by atoms with Crippen molar-refractivity contribution >= 4 is 12.0 Å². The van der Waals surface area contributed by atoms with Crippen LogP contribution in [0.15, 0.2) is 0 Å². The van der Waals surface area contributed by atoms with Crippen LogP contribution in [0, 0.1) is 0 Å². The van der Waals surface area contributed by atoms with E-state index in [1.165, 1.54) is 0 Å². The van der Waals surface area contributed by atoms with Gasteiger partial charge in [0.15, 0.2) is 0 Å². The molecule has 2 amide bonds. The van der Waals surface area contributed by atoms with E-state index >= 15 is 0 Å². The van der Waals surface area contributed by atoms with Gasteiger partial charge in [0.1, 0.15) is 12.2 Å². The van der Waals surface area contributed by atoms with E-state index in [0.717, 1.165) is 13.0 Å². The summed E-state index contributed by atoms with van der Waals surface area (Å²) in [5.41, 5.74) is -0.501. The maximum atomic E-state index is 11.9. The Bertz CT molecular complexity index is 379. The normalized spacial score (nSPS) is 18.6. The minimum atomic E-state index is -0.501. The summed E-state index contributed by atoms with van der Waals surface area (Å²) in [7, 11) is 3.90. The van der Waals surface area contributed by atoms with Gasteiger partial charge in [-0.05, 0) is 41.3 Å². The number of ether oxygens (including phenoxy) is 2. The molecule has 1 saturated heterocycles. The lowest BCUT2D eigenvalue weighted by Crippen LogP contribution is -2.41. The lowest BCUT2D eigenvalue weighted by atomic mass is 10.2. The summed E-state index contributed by atoms with van der Waals surface area (Å²) >= 11 is 0. The number of amides is 2. The van der Waals surface area contributed by atoms with E-state index in [9.17, 15) is 9.59 Å². The van der Waals surface area contributed by atoms with Crippen LogP contribution in [0.1, 0.15) is 27.2 Å². The van der Waals surface area contributed by atoms with Crippen molar-refractivity contribution in [2.75, 3.05) is 46.9 Å². The zero-order chi connectivity index (χ0) is 16.8. The fraction of sp³-hybridized carbons (Fsp3) is 0.867. The van der Waals surface area contributed by atoms with E-state index < -0.39 is 5.60 Å². The third-order valence-electron chi connectivity index (χ3n) is 3.12. The molecule has 1 atom stereocenters. The molecule has 0 spiro atoms. The molecule has 1 rings (SSSR count). The summed E-state index contributed by atoms with van der Waals surface area (Å²) in [5.74, 6) is -0.144. The maximum Gasteiger partial charge on any atom is 0.410 e. The lowest BCUT2D eigenvalue weighted by molar-refractivity contribution is -0.126. The average molecular weight is 315 g/mol. The Balaban J connectivity index is 2.23. The number of hydrogen-bond acceptors (Lipinski definition) is 5.